The van der Waals surface area contributed by atoms with Crippen LogP contribution < -0.4 is 4.74 Å². The van der Waals surface area contributed by atoms with Gasteiger partial charge in [-0.1, -0.05) is 24.3 Å². The molecule has 2 aromatic carbocycles. The molecule has 0 aromatic heterocycles. The smallest absolute Gasteiger partial charge is 0.344 e. The number of carboxylic acids is 1. The van der Waals surface area contributed by atoms with Gasteiger partial charge in [0.05, 0.1) is 10.6 Å². The van der Waals surface area contributed by atoms with E-state index in [1.54, 1.807) is 54.6 Å². The fraction of sp³-hybridized carbons (Fsp3) is 0.136. The number of phenolic OH excluding ortho intramolecular Hbond substituents is 1. The molecular formula is C22H20N2O5S. The maximum atomic E-state index is 12.8. The molecule has 8 heteroatoms. The van der Waals surface area contributed by atoms with Crippen molar-refractivity contribution < 1.29 is 24.5 Å². The standard InChI is InChI=1S/C22H20N2O5S/c1-3-11-24-20(26)19(30-22(24)23-16-5-4-6-17(25)13-16)12-15-7-9-18(10-8-15)29-14(2)21(27)28/h3-10,12-14,25H,1,11H2,2H3,(H,27,28)/b19-12-,23-22?. The molecule has 7 nitrogen and oxygen atoms in total. The van der Waals surface area contributed by atoms with Crippen LogP contribution in [0.4, 0.5) is 5.69 Å². The quantitative estimate of drug-likeness (QED) is 0.514. The zero-order valence-electron chi connectivity index (χ0n) is 16.2. The Hall–Kier alpha value is -3.52. The van der Waals surface area contributed by atoms with Crippen LogP contribution in [0.2, 0.25) is 0 Å². The first-order valence-electron chi connectivity index (χ1n) is 9.07. The van der Waals surface area contributed by atoms with Gasteiger partial charge in [0, 0.05) is 12.6 Å². The van der Waals surface area contributed by atoms with Crippen LogP contribution in [0.3, 0.4) is 0 Å². The van der Waals surface area contributed by atoms with Gasteiger partial charge in [0.2, 0.25) is 0 Å². The molecular weight excluding hydrogens is 404 g/mol. The lowest BCUT2D eigenvalue weighted by Crippen LogP contribution is -2.29. The number of nitrogens with zero attached hydrogens (tertiary/aromatic N) is 2. The summed E-state index contributed by atoms with van der Waals surface area (Å²) >= 11 is 1.23. The van der Waals surface area contributed by atoms with Crippen LogP contribution in [0.25, 0.3) is 6.08 Å². The number of aliphatic carboxylic acids is 1. The number of amides is 1. The molecule has 0 bridgehead atoms. The van der Waals surface area contributed by atoms with E-state index in [-0.39, 0.29) is 11.7 Å². The zero-order chi connectivity index (χ0) is 21.7. The lowest BCUT2D eigenvalue weighted by molar-refractivity contribution is -0.144. The lowest BCUT2D eigenvalue weighted by atomic mass is 10.2. The molecule has 1 heterocycles. The van der Waals surface area contributed by atoms with Crippen LogP contribution >= 0.6 is 11.8 Å². The van der Waals surface area contributed by atoms with Crippen LogP contribution in [-0.2, 0) is 9.59 Å². The average molecular weight is 424 g/mol. The number of carboxylic acid groups (broad SMARTS) is 1. The molecule has 1 aliphatic heterocycles. The third kappa shape index (κ3) is 5.09. The fourth-order valence-corrected chi connectivity index (χ4v) is 3.61. The highest BCUT2D eigenvalue weighted by atomic mass is 32.2. The second-order valence-corrected chi connectivity index (χ2v) is 7.41. The number of rotatable bonds is 7. The summed E-state index contributed by atoms with van der Waals surface area (Å²) in [4.78, 5) is 30.2. The Balaban J connectivity index is 1.83. The summed E-state index contributed by atoms with van der Waals surface area (Å²) in [5.74, 6) is -0.720. The van der Waals surface area contributed by atoms with Crippen molar-refractivity contribution in [3.05, 3.63) is 71.7 Å². The van der Waals surface area contributed by atoms with Crippen molar-refractivity contribution in [2.75, 3.05) is 6.54 Å². The summed E-state index contributed by atoms with van der Waals surface area (Å²) in [7, 11) is 0. The summed E-state index contributed by atoms with van der Waals surface area (Å²) in [6.07, 6.45) is 2.40. The normalized spacial score (nSPS) is 17.4. The average Bonchev–Trinajstić information content (AvgIpc) is 2.98. The molecule has 1 amide bonds. The predicted molar refractivity (Wildman–Crippen MR) is 117 cm³/mol. The van der Waals surface area contributed by atoms with Crippen molar-refractivity contribution in [1.82, 2.24) is 4.90 Å². The molecule has 2 aromatic rings. The van der Waals surface area contributed by atoms with Gasteiger partial charge in [-0.05, 0) is 54.6 Å². The Labute approximate surface area is 178 Å². The van der Waals surface area contributed by atoms with Crippen molar-refractivity contribution in [3.63, 3.8) is 0 Å². The zero-order valence-corrected chi connectivity index (χ0v) is 17.0. The lowest BCUT2D eigenvalue weighted by Gasteiger charge is -2.12. The number of aliphatic imine (C=N–C) groups is 1. The first-order valence-corrected chi connectivity index (χ1v) is 9.88. The number of ether oxygens (including phenoxy) is 1. The van der Waals surface area contributed by atoms with Crippen molar-refractivity contribution in [1.29, 1.82) is 0 Å². The van der Waals surface area contributed by atoms with Crippen molar-refractivity contribution in [2.45, 2.75) is 13.0 Å². The highest BCUT2D eigenvalue weighted by molar-refractivity contribution is 8.18. The number of thioether (sulfide) groups is 1. The highest BCUT2D eigenvalue weighted by Crippen LogP contribution is 2.34. The molecule has 1 saturated heterocycles. The van der Waals surface area contributed by atoms with E-state index in [0.29, 0.717) is 28.1 Å². The van der Waals surface area contributed by atoms with Gasteiger partial charge in [0.25, 0.3) is 5.91 Å². The maximum absolute atomic E-state index is 12.8. The third-order valence-electron chi connectivity index (χ3n) is 4.09. The van der Waals surface area contributed by atoms with E-state index >= 15 is 0 Å². The Morgan fingerprint density at radius 3 is 2.67 bits per heavy atom. The van der Waals surface area contributed by atoms with E-state index < -0.39 is 12.1 Å². The Bertz CT molecular complexity index is 1030. The maximum Gasteiger partial charge on any atom is 0.344 e. The summed E-state index contributed by atoms with van der Waals surface area (Å²) < 4.78 is 5.31. The van der Waals surface area contributed by atoms with Gasteiger partial charge in [0.15, 0.2) is 11.3 Å². The van der Waals surface area contributed by atoms with Gasteiger partial charge in [-0.15, -0.1) is 6.58 Å². The van der Waals surface area contributed by atoms with E-state index in [2.05, 4.69) is 11.6 Å². The largest absolute Gasteiger partial charge is 0.508 e. The topological polar surface area (TPSA) is 99.4 Å². The number of carbonyl (C=O) groups excluding carboxylic acids is 1. The van der Waals surface area contributed by atoms with E-state index in [1.165, 1.54) is 29.7 Å². The fourth-order valence-electron chi connectivity index (χ4n) is 2.60. The number of carbonyl (C=O) groups is 2. The first kappa shape index (κ1) is 21.2. The van der Waals surface area contributed by atoms with Crippen LogP contribution in [0.5, 0.6) is 11.5 Å². The molecule has 0 saturated carbocycles. The van der Waals surface area contributed by atoms with Crippen LogP contribution in [0, 0.1) is 0 Å². The third-order valence-corrected chi connectivity index (χ3v) is 5.10. The molecule has 0 radical (unpaired) electrons. The first-order chi connectivity index (χ1) is 14.4. The van der Waals surface area contributed by atoms with Crippen LogP contribution in [0.15, 0.2) is 71.1 Å². The van der Waals surface area contributed by atoms with E-state index in [9.17, 15) is 14.7 Å². The molecule has 0 spiro atoms. The minimum Gasteiger partial charge on any atom is -0.508 e. The van der Waals surface area contributed by atoms with Crippen LogP contribution in [-0.4, -0.2) is 44.8 Å². The van der Waals surface area contributed by atoms with E-state index in [4.69, 9.17) is 9.84 Å². The van der Waals surface area contributed by atoms with Gasteiger partial charge < -0.3 is 14.9 Å². The van der Waals surface area contributed by atoms with Crippen molar-refractivity contribution in [2.24, 2.45) is 4.99 Å². The monoisotopic (exact) mass is 424 g/mol. The summed E-state index contributed by atoms with van der Waals surface area (Å²) in [5, 5.41) is 19.0. The summed E-state index contributed by atoms with van der Waals surface area (Å²) in [6.45, 7) is 5.45. The second-order valence-electron chi connectivity index (χ2n) is 6.40. The molecule has 1 fully saturated rings. The van der Waals surface area contributed by atoms with Gasteiger partial charge in [-0.25, -0.2) is 9.79 Å². The van der Waals surface area contributed by atoms with Crippen molar-refractivity contribution in [3.8, 4) is 11.5 Å². The number of hydrogen-bond donors (Lipinski definition) is 2. The number of aromatic hydroxyl groups is 1. The van der Waals surface area contributed by atoms with E-state index in [1.807, 2.05) is 0 Å². The summed E-state index contributed by atoms with van der Waals surface area (Å²) in [6, 6.07) is 13.3. The molecule has 1 aliphatic rings. The van der Waals surface area contributed by atoms with Crippen LogP contribution in [0.1, 0.15) is 12.5 Å². The highest BCUT2D eigenvalue weighted by Gasteiger charge is 2.32. The Morgan fingerprint density at radius 1 is 1.30 bits per heavy atom. The summed E-state index contributed by atoms with van der Waals surface area (Å²) in [5.41, 5.74) is 1.30. The van der Waals surface area contributed by atoms with Gasteiger partial charge in [-0.2, -0.15) is 0 Å². The minimum absolute atomic E-state index is 0.0942. The molecule has 3 rings (SSSR count). The predicted octanol–water partition coefficient (Wildman–Crippen LogP) is 4.03. The Morgan fingerprint density at radius 2 is 2.03 bits per heavy atom. The Kier molecular flexibility index (Phi) is 6.58. The number of hydrogen-bond acceptors (Lipinski definition) is 6. The second kappa shape index (κ2) is 9.32. The molecule has 0 aliphatic carbocycles. The molecule has 1 unspecified atom stereocenters. The SMILES string of the molecule is C=CCN1C(=O)/C(=C/c2ccc(OC(C)C(=O)O)cc2)SC1=Nc1cccc(O)c1. The molecule has 2 N–H and O–H groups in total. The number of benzene rings is 2. The van der Waals surface area contributed by atoms with Crippen molar-refractivity contribution >= 4 is 40.6 Å². The van der Waals surface area contributed by atoms with E-state index in [0.717, 1.165) is 5.56 Å². The minimum atomic E-state index is -1.05. The molecule has 30 heavy (non-hydrogen) atoms. The van der Waals surface area contributed by atoms with Gasteiger partial charge in [-0.3, -0.25) is 9.69 Å². The molecule has 154 valence electrons. The number of phenols is 1. The molecule has 1 atom stereocenters. The van der Waals surface area contributed by atoms with Gasteiger partial charge >= 0.3 is 5.97 Å². The van der Waals surface area contributed by atoms with Gasteiger partial charge in [0.1, 0.15) is 11.5 Å². The number of amidine groups is 1.